The Morgan fingerprint density at radius 3 is 0.358 bits per heavy atom. The first-order valence-corrected chi connectivity index (χ1v) is 37.7. The molecule has 0 unspecified atom stereocenters. The molecule has 0 saturated carbocycles. The molecule has 0 aromatic rings. The predicted molar refractivity (Wildman–Crippen MR) is 385 cm³/mol. The van der Waals surface area contributed by atoms with Gasteiger partial charge in [0.15, 0.2) is 0 Å². The van der Waals surface area contributed by atoms with Crippen molar-refractivity contribution in [2.45, 2.75) is 387 Å². The van der Waals surface area contributed by atoms with E-state index in [2.05, 4.69) is 127 Å². The van der Waals surface area contributed by atoms with E-state index in [0.717, 1.165) is 25.7 Å². The maximum atomic E-state index is 5.10. The smallest absolute Gasteiger partial charge is 0.514 e. The molecule has 0 aliphatic heterocycles. The van der Waals surface area contributed by atoms with Crippen molar-refractivity contribution in [2.24, 2.45) is 0 Å². The van der Waals surface area contributed by atoms with Crippen molar-refractivity contribution in [1.82, 2.24) is 0 Å². The predicted octanol–water partition coefficient (Wildman–Crippen LogP) is 25.3. The second kappa shape index (κ2) is 87.6. The minimum atomic E-state index is 0. The zero-order valence-electron chi connectivity index (χ0n) is 53.7. The van der Waals surface area contributed by atoms with E-state index >= 15 is 0 Å². The summed E-state index contributed by atoms with van der Waals surface area (Å²) >= 11 is 37.5. The summed E-state index contributed by atoms with van der Waals surface area (Å²) in [6, 6.07) is 0. The first-order valence-electron chi connectivity index (χ1n) is 34.4. The summed E-state index contributed by atoms with van der Waals surface area (Å²) in [7, 11) is 0. The molecule has 81 heavy (non-hydrogen) atoms. The normalized spacial score (nSPS) is 10.5. The van der Waals surface area contributed by atoms with E-state index in [1.54, 1.807) is 0 Å². The van der Waals surface area contributed by atoms with E-state index in [-0.39, 0.29) is 38.6 Å². The fraction of sp³-hybridized carbons (Fsp3) is 0.941. The van der Waals surface area contributed by atoms with E-state index in [1.165, 1.54) is 334 Å². The van der Waals surface area contributed by atoms with Crippen molar-refractivity contribution in [1.29, 1.82) is 0 Å². The maximum Gasteiger partial charge on any atom is 4.00 e. The van der Waals surface area contributed by atoms with Gasteiger partial charge < -0.3 is 118 Å². The Kier molecular flexibility index (Phi) is 98.2. The standard InChI is InChI=1S/4C17H34OS2.Mo/c4*1-2-3-4-5-6-7-8-9-10-11-12-13-14-15-16-18-17(19)20;/h4*2-16H2,1H3,(H,19,20);/q;;;;+4/p-4. The van der Waals surface area contributed by atoms with E-state index in [4.69, 9.17) is 18.9 Å². The van der Waals surface area contributed by atoms with Gasteiger partial charge in [-0.2, -0.15) is 0 Å². The monoisotopic (exact) mass is 1370 g/mol. The molecule has 0 spiro atoms. The molecular formula is C68H132MoO4S8. The molecule has 0 aliphatic carbocycles. The molecule has 0 radical (unpaired) electrons. The van der Waals surface area contributed by atoms with Crippen LogP contribution in [0.15, 0.2) is 0 Å². The molecule has 0 rings (SSSR count). The molecule has 0 N–H and O–H groups in total. The summed E-state index contributed by atoms with van der Waals surface area (Å²) in [6.45, 7) is 11.9. The minimum Gasteiger partial charge on any atom is -0.514 e. The van der Waals surface area contributed by atoms with Gasteiger partial charge in [-0.1, -0.05) is 362 Å². The first-order chi connectivity index (χ1) is 39.1. The van der Waals surface area contributed by atoms with Gasteiger partial charge in [0.05, 0.1) is 26.4 Å². The zero-order valence-corrected chi connectivity index (χ0v) is 62.3. The Labute approximate surface area is 565 Å². The second-order valence-electron chi connectivity index (χ2n) is 22.8. The number of hydrogen-bond donors (Lipinski definition) is 0. The summed E-state index contributed by atoms with van der Waals surface area (Å²) in [6.07, 6.45) is 77.1. The molecule has 482 valence electrons. The van der Waals surface area contributed by atoms with E-state index in [1.807, 2.05) is 0 Å². The van der Waals surface area contributed by atoms with Crippen molar-refractivity contribution in [3.63, 3.8) is 0 Å². The quantitative estimate of drug-likeness (QED) is 0.0252. The van der Waals surface area contributed by atoms with Crippen LogP contribution in [0.4, 0.5) is 0 Å². The molecule has 0 heterocycles. The third-order valence-electron chi connectivity index (χ3n) is 14.9. The van der Waals surface area contributed by atoms with Crippen molar-refractivity contribution >= 4 is 117 Å². The van der Waals surface area contributed by atoms with Crippen LogP contribution in [0.1, 0.15) is 387 Å². The van der Waals surface area contributed by atoms with E-state index < -0.39 is 0 Å². The van der Waals surface area contributed by atoms with Crippen LogP contribution in [0.2, 0.25) is 0 Å². The van der Waals surface area contributed by atoms with Crippen LogP contribution in [0.5, 0.6) is 0 Å². The van der Waals surface area contributed by atoms with Crippen molar-refractivity contribution in [2.75, 3.05) is 26.4 Å². The fourth-order valence-electron chi connectivity index (χ4n) is 9.81. The topological polar surface area (TPSA) is 36.9 Å². The van der Waals surface area contributed by atoms with Crippen LogP contribution in [0, 0.1) is 0 Å². The zero-order chi connectivity index (χ0) is 59.6. The van der Waals surface area contributed by atoms with Gasteiger partial charge in [0.1, 0.15) is 0 Å². The van der Waals surface area contributed by atoms with Crippen LogP contribution < -0.4 is 0 Å². The van der Waals surface area contributed by atoms with Crippen LogP contribution in [0.25, 0.3) is 0 Å². The van der Waals surface area contributed by atoms with Gasteiger partial charge in [0, 0.05) is 17.5 Å². The minimum absolute atomic E-state index is 0. The number of unbranched alkanes of at least 4 members (excludes halogenated alkanes) is 52. The Morgan fingerprint density at radius 2 is 0.272 bits per heavy atom. The molecule has 0 atom stereocenters. The van der Waals surface area contributed by atoms with Crippen LogP contribution >= 0.6 is 48.9 Å². The largest absolute Gasteiger partial charge is 4.00 e. The molecule has 0 aromatic carbocycles. The molecule has 0 aliphatic rings. The Bertz CT molecular complexity index is 1010. The fourth-order valence-corrected chi connectivity index (χ4v) is 10.5. The molecule has 0 amide bonds. The number of rotatable bonds is 60. The van der Waals surface area contributed by atoms with Crippen molar-refractivity contribution < 1.29 is 40.0 Å². The second-order valence-corrected chi connectivity index (χ2v) is 26.8. The maximum absolute atomic E-state index is 5.10. The molecule has 13 heteroatoms. The van der Waals surface area contributed by atoms with E-state index in [9.17, 15) is 0 Å². The van der Waals surface area contributed by atoms with Gasteiger partial charge in [-0.05, 0) is 25.7 Å². The van der Waals surface area contributed by atoms with Crippen molar-refractivity contribution in [3.8, 4) is 0 Å². The summed E-state index contributed by atoms with van der Waals surface area (Å²) in [5, 5.41) is 0. The van der Waals surface area contributed by atoms with E-state index in [0.29, 0.717) is 26.4 Å². The molecular weight excluding hydrogens is 1230 g/mol. The molecule has 0 saturated heterocycles. The number of thiocarbonyl (C=S) groups is 4. The first kappa shape index (κ1) is 90.9. The van der Waals surface area contributed by atoms with Crippen molar-refractivity contribution in [3.05, 3.63) is 0 Å². The third-order valence-corrected chi connectivity index (χ3v) is 15.8. The van der Waals surface area contributed by atoms with Gasteiger partial charge in [0.25, 0.3) is 0 Å². The van der Waals surface area contributed by atoms with Crippen LogP contribution in [-0.4, -0.2) is 44.0 Å². The van der Waals surface area contributed by atoms with Gasteiger partial charge >= 0.3 is 21.1 Å². The van der Waals surface area contributed by atoms with Crippen LogP contribution in [-0.2, 0) is 90.5 Å². The SMILES string of the molecule is CCCCCCCCCCCCCCCCOC(=S)[S-].CCCCCCCCCCCCCCCCOC(=S)[S-].CCCCCCCCCCCCCCCCOC(=S)[S-].CCCCCCCCCCCCCCCCOC(=S)[S-].[Mo+4]. The van der Waals surface area contributed by atoms with Gasteiger partial charge in [-0.25, -0.2) is 0 Å². The third kappa shape index (κ3) is 106. The van der Waals surface area contributed by atoms with Gasteiger partial charge in [-0.15, -0.1) is 0 Å². The Balaban J connectivity index is -0.000000316. The van der Waals surface area contributed by atoms with Crippen LogP contribution in [0.3, 0.4) is 0 Å². The summed E-state index contributed by atoms with van der Waals surface area (Å²) in [5.74, 6) is 0. The number of hydrogen-bond acceptors (Lipinski definition) is 12. The molecule has 0 bridgehead atoms. The molecule has 4 nitrogen and oxygen atoms in total. The molecule has 0 aromatic heterocycles. The molecule has 0 fully saturated rings. The van der Waals surface area contributed by atoms with Gasteiger partial charge in [0.2, 0.25) is 0 Å². The van der Waals surface area contributed by atoms with Gasteiger partial charge in [-0.3, -0.25) is 0 Å². The summed E-state index contributed by atoms with van der Waals surface area (Å²) in [5.41, 5.74) is 0. The number of ether oxygens (including phenoxy) is 4. The summed E-state index contributed by atoms with van der Waals surface area (Å²) in [4.78, 5) is 0. The Morgan fingerprint density at radius 1 is 0.185 bits per heavy atom. The average Bonchev–Trinajstić information content (AvgIpc) is 3.43. The summed E-state index contributed by atoms with van der Waals surface area (Å²) < 4.78 is 21.4. The average molecular weight is 1370 g/mol. The Hall–Kier alpha value is 1.13.